The van der Waals surface area contributed by atoms with Crippen LogP contribution < -0.4 is 14.2 Å². The predicted molar refractivity (Wildman–Crippen MR) is 85.8 cm³/mol. The fourth-order valence-electron chi connectivity index (χ4n) is 3.01. The van der Waals surface area contributed by atoms with E-state index >= 15 is 0 Å². The zero-order chi connectivity index (χ0) is 16.3. The minimum Gasteiger partial charge on any atom is -0.497 e. The van der Waals surface area contributed by atoms with E-state index in [1.807, 2.05) is 0 Å². The van der Waals surface area contributed by atoms with Crippen LogP contribution in [-0.2, 0) is 10.0 Å². The van der Waals surface area contributed by atoms with E-state index in [9.17, 15) is 8.42 Å². The van der Waals surface area contributed by atoms with E-state index < -0.39 is 10.0 Å². The summed E-state index contributed by atoms with van der Waals surface area (Å²) in [6.07, 6.45) is 3.08. The van der Waals surface area contributed by atoms with E-state index in [1.165, 1.54) is 20.3 Å². The van der Waals surface area contributed by atoms with Crippen molar-refractivity contribution in [1.29, 1.82) is 0 Å². The van der Waals surface area contributed by atoms with Crippen LogP contribution in [0.25, 0.3) is 0 Å². The molecule has 1 aromatic carbocycles. The van der Waals surface area contributed by atoms with Gasteiger partial charge in [0, 0.05) is 12.1 Å². The van der Waals surface area contributed by atoms with Crippen molar-refractivity contribution >= 4 is 10.0 Å². The molecule has 0 heterocycles. The van der Waals surface area contributed by atoms with Gasteiger partial charge in [-0.25, -0.2) is 13.1 Å². The molecule has 0 spiro atoms. The summed E-state index contributed by atoms with van der Waals surface area (Å²) in [4.78, 5) is 0.125. The average Bonchev–Trinajstić information content (AvgIpc) is 2.51. The largest absolute Gasteiger partial charge is 0.497 e. The summed E-state index contributed by atoms with van der Waals surface area (Å²) < 4.78 is 38.7. The molecule has 0 amide bonds. The topological polar surface area (TPSA) is 64.6 Å². The first-order valence-electron chi connectivity index (χ1n) is 7.63. The lowest BCUT2D eigenvalue weighted by atomic mass is 9.78. The van der Waals surface area contributed by atoms with Gasteiger partial charge in [0.05, 0.1) is 14.2 Å². The van der Waals surface area contributed by atoms with E-state index in [2.05, 4.69) is 18.6 Å². The van der Waals surface area contributed by atoms with Gasteiger partial charge in [-0.2, -0.15) is 0 Å². The van der Waals surface area contributed by atoms with Gasteiger partial charge in [-0.05, 0) is 30.4 Å². The van der Waals surface area contributed by atoms with Gasteiger partial charge in [0.25, 0.3) is 0 Å². The van der Waals surface area contributed by atoms with Crippen molar-refractivity contribution in [2.45, 2.75) is 44.0 Å². The fourth-order valence-corrected chi connectivity index (χ4v) is 4.55. The third-order valence-corrected chi connectivity index (χ3v) is 6.18. The van der Waals surface area contributed by atoms with Crippen LogP contribution in [0.2, 0.25) is 0 Å². The number of ether oxygens (including phenoxy) is 2. The van der Waals surface area contributed by atoms with Crippen LogP contribution in [-0.4, -0.2) is 28.7 Å². The lowest BCUT2D eigenvalue weighted by Gasteiger charge is -2.34. The number of nitrogens with one attached hydrogen (secondary N) is 1. The number of benzene rings is 1. The second kappa shape index (κ2) is 6.87. The molecule has 0 bridgehead atoms. The highest BCUT2D eigenvalue weighted by Crippen LogP contribution is 2.32. The lowest BCUT2D eigenvalue weighted by molar-refractivity contribution is 0.226. The van der Waals surface area contributed by atoms with Gasteiger partial charge in [0.15, 0.2) is 0 Å². The molecule has 22 heavy (non-hydrogen) atoms. The smallest absolute Gasteiger partial charge is 0.244 e. The van der Waals surface area contributed by atoms with Gasteiger partial charge in [-0.1, -0.05) is 26.7 Å². The van der Waals surface area contributed by atoms with Crippen LogP contribution in [0.1, 0.15) is 33.1 Å². The minimum absolute atomic E-state index is 0.0374. The van der Waals surface area contributed by atoms with Crippen LogP contribution in [0.15, 0.2) is 23.1 Å². The number of methoxy groups -OCH3 is 2. The van der Waals surface area contributed by atoms with Crippen LogP contribution in [0.4, 0.5) is 0 Å². The molecule has 2 rings (SSSR count). The first-order valence-corrected chi connectivity index (χ1v) is 9.11. The maximum Gasteiger partial charge on any atom is 0.244 e. The molecule has 5 nitrogen and oxygen atoms in total. The molecule has 124 valence electrons. The van der Waals surface area contributed by atoms with Crippen molar-refractivity contribution in [1.82, 2.24) is 4.72 Å². The molecule has 1 aliphatic rings. The maximum absolute atomic E-state index is 12.8. The van der Waals surface area contributed by atoms with Gasteiger partial charge in [-0.3, -0.25) is 0 Å². The van der Waals surface area contributed by atoms with Gasteiger partial charge < -0.3 is 9.47 Å². The van der Waals surface area contributed by atoms with Gasteiger partial charge in [0.2, 0.25) is 10.0 Å². The van der Waals surface area contributed by atoms with E-state index in [0.29, 0.717) is 23.3 Å². The molecule has 0 aliphatic heterocycles. The summed E-state index contributed by atoms with van der Waals surface area (Å²) in [6.45, 7) is 4.29. The summed E-state index contributed by atoms with van der Waals surface area (Å²) >= 11 is 0. The average molecular weight is 327 g/mol. The Balaban J connectivity index is 2.30. The lowest BCUT2D eigenvalue weighted by Crippen LogP contribution is -2.43. The van der Waals surface area contributed by atoms with Crippen LogP contribution >= 0.6 is 0 Å². The van der Waals surface area contributed by atoms with Crippen LogP contribution in [0.3, 0.4) is 0 Å². The standard InChI is InChI=1S/C16H25NO4S/c1-11-6-5-7-14(12(11)2)17-22(18,19)16-10-13(20-3)8-9-15(16)21-4/h8-12,14,17H,5-7H2,1-4H3/t11-,12-,14+/m0/s1. The van der Waals surface area contributed by atoms with Crippen LogP contribution in [0.5, 0.6) is 11.5 Å². The van der Waals surface area contributed by atoms with Gasteiger partial charge in [-0.15, -0.1) is 0 Å². The Morgan fingerprint density at radius 1 is 1.14 bits per heavy atom. The molecule has 1 aromatic rings. The Morgan fingerprint density at radius 3 is 2.50 bits per heavy atom. The van der Waals surface area contributed by atoms with Crippen molar-refractivity contribution in [3.05, 3.63) is 18.2 Å². The third kappa shape index (κ3) is 3.55. The van der Waals surface area contributed by atoms with Crippen molar-refractivity contribution < 1.29 is 17.9 Å². The molecular weight excluding hydrogens is 302 g/mol. The van der Waals surface area contributed by atoms with Crippen molar-refractivity contribution in [3.8, 4) is 11.5 Å². The Kier molecular flexibility index (Phi) is 5.34. The Labute approximate surface area is 133 Å². The Morgan fingerprint density at radius 2 is 1.86 bits per heavy atom. The molecule has 1 aliphatic carbocycles. The van der Waals surface area contributed by atoms with Crippen molar-refractivity contribution in [3.63, 3.8) is 0 Å². The van der Waals surface area contributed by atoms with E-state index in [4.69, 9.17) is 9.47 Å². The zero-order valence-corrected chi connectivity index (χ0v) is 14.4. The monoisotopic (exact) mass is 327 g/mol. The summed E-state index contributed by atoms with van der Waals surface area (Å²) in [5.41, 5.74) is 0. The Hall–Kier alpha value is -1.27. The number of hydrogen-bond acceptors (Lipinski definition) is 4. The third-order valence-electron chi connectivity index (χ3n) is 4.67. The second-order valence-corrected chi connectivity index (χ2v) is 7.69. The molecule has 0 aromatic heterocycles. The first-order chi connectivity index (χ1) is 10.4. The van der Waals surface area contributed by atoms with Crippen molar-refractivity contribution in [2.24, 2.45) is 11.8 Å². The summed E-state index contributed by atoms with van der Waals surface area (Å²) in [5.74, 6) is 1.66. The molecule has 6 heteroatoms. The van der Waals surface area contributed by atoms with Gasteiger partial charge >= 0.3 is 0 Å². The first kappa shape index (κ1) is 17.1. The van der Waals surface area contributed by atoms with Gasteiger partial charge in [0.1, 0.15) is 16.4 Å². The quantitative estimate of drug-likeness (QED) is 0.903. The van der Waals surface area contributed by atoms with E-state index in [-0.39, 0.29) is 10.9 Å². The SMILES string of the molecule is COc1ccc(OC)c(S(=O)(=O)N[C@@H]2CCC[C@H](C)[C@@H]2C)c1. The molecule has 1 N–H and O–H groups in total. The number of rotatable bonds is 5. The Bertz CT molecular complexity index is 615. The molecule has 0 saturated heterocycles. The highest BCUT2D eigenvalue weighted by molar-refractivity contribution is 7.89. The molecular formula is C16H25NO4S. The zero-order valence-electron chi connectivity index (χ0n) is 13.6. The highest BCUT2D eigenvalue weighted by Gasteiger charge is 2.32. The predicted octanol–water partition coefficient (Wildman–Crippen LogP) is 2.81. The second-order valence-electron chi connectivity index (χ2n) is 6.01. The van der Waals surface area contributed by atoms with E-state index in [0.717, 1.165) is 19.3 Å². The summed E-state index contributed by atoms with van der Waals surface area (Å²) in [7, 11) is -0.672. The normalized spacial score (nSPS) is 25.7. The molecule has 3 atom stereocenters. The molecule has 0 radical (unpaired) electrons. The van der Waals surface area contributed by atoms with Crippen molar-refractivity contribution in [2.75, 3.05) is 14.2 Å². The highest BCUT2D eigenvalue weighted by atomic mass is 32.2. The maximum atomic E-state index is 12.8. The number of sulfonamides is 1. The molecule has 0 unspecified atom stereocenters. The summed E-state index contributed by atoms with van der Waals surface area (Å²) in [5, 5.41) is 0. The van der Waals surface area contributed by atoms with E-state index in [1.54, 1.807) is 12.1 Å². The summed E-state index contributed by atoms with van der Waals surface area (Å²) in [6, 6.07) is 4.76. The number of hydrogen-bond donors (Lipinski definition) is 1. The fraction of sp³-hybridized carbons (Fsp3) is 0.625. The molecule has 1 fully saturated rings. The minimum atomic E-state index is -3.65. The molecule has 1 saturated carbocycles. The van der Waals surface area contributed by atoms with Crippen LogP contribution in [0, 0.1) is 11.8 Å².